The van der Waals surface area contributed by atoms with E-state index in [4.69, 9.17) is 18.9 Å². The molecule has 0 amide bonds. The number of carbonyl (C=O) groups excluding carboxylic acids is 3. The second-order valence-corrected chi connectivity index (χ2v) is 12.6. The SMILES string of the molecule is CCCCCCCCCCCCCCCC(=O)O[C@H](COC(=O)CCCCCCCC)CO[C@@H]1O[C@H](COC=O)[C@H](O)[C@H](O)[C@H]1O. The number of aliphatic hydroxyl groups is 3. The zero-order chi connectivity index (χ0) is 33.8. The largest absolute Gasteiger partial charge is 0.465 e. The lowest BCUT2D eigenvalue weighted by Crippen LogP contribution is -2.59. The van der Waals surface area contributed by atoms with Crippen LogP contribution in [-0.4, -0.2) is 90.4 Å². The van der Waals surface area contributed by atoms with E-state index in [9.17, 15) is 29.7 Å². The lowest BCUT2D eigenvalue weighted by Gasteiger charge is -2.40. The number of unbranched alkanes of at least 4 members (excludes halogenated alkanes) is 17. The molecule has 0 aromatic carbocycles. The Bertz CT molecular complexity index is 765. The van der Waals surface area contributed by atoms with Crippen LogP contribution in [0.2, 0.25) is 0 Å². The molecule has 0 saturated carbocycles. The zero-order valence-corrected chi connectivity index (χ0v) is 28.6. The van der Waals surface area contributed by atoms with Gasteiger partial charge in [-0.05, 0) is 12.8 Å². The summed E-state index contributed by atoms with van der Waals surface area (Å²) in [6.45, 7) is 3.68. The molecule has 0 aromatic heterocycles. The summed E-state index contributed by atoms with van der Waals surface area (Å²) in [4.78, 5) is 35.6. The number of hydrogen-bond donors (Lipinski definition) is 3. The highest BCUT2D eigenvalue weighted by Crippen LogP contribution is 2.23. The molecule has 1 aliphatic heterocycles. The van der Waals surface area contributed by atoms with E-state index < -0.39 is 48.7 Å². The van der Waals surface area contributed by atoms with E-state index in [1.54, 1.807) is 0 Å². The van der Waals surface area contributed by atoms with Crippen LogP contribution in [-0.2, 0) is 38.1 Å². The lowest BCUT2D eigenvalue weighted by atomic mass is 9.99. The Kier molecular flexibility index (Phi) is 25.9. The minimum atomic E-state index is -1.62. The van der Waals surface area contributed by atoms with Gasteiger partial charge < -0.3 is 39.0 Å². The predicted molar refractivity (Wildman–Crippen MR) is 174 cm³/mol. The first-order valence-electron chi connectivity index (χ1n) is 18.1. The van der Waals surface area contributed by atoms with Gasteiger partial charge in [0.15, 0.2) is 12.4 Å². The molecule has 0 radical (unpaired) electrons. The maximum Gasteiger partial charge on any atom is 0.306 e. The molecule has 11 nitrogen and oxygen atoms in total. The number of ether oxygens (including phenoxy) is 5. The van der Waals surface area contributed by atoms with E-state index in [2.05, 4.69) is 18.6 Å². The van der Waals surface area contributed by atoms with Crippen molar-refractivity contribution >= 4 is 18.4 Å². The van der Waals surface area contributed by atoms with Crippen molar-refractivity contribution < 1.29 is 53.4 Å². The molecule has 46 heavy (non-hydrogen) atoms. The van der Waals surface area contributed by atoms with Gasteiger partial charge in [0.1, 0.15) is 37.6 Å². The summed E-state index contributed by atoms with van der Waals surface area (Å²) in [6.07, 6.45) is 14.0. The molecule has 1 heterocycles. The molecule has 270 valence electrons. The van der Waals surface area contributed by atoms with E-state index in [1.807, 2.05) is 0 Å². The quantitative estimate of drug-likeness (QED) is 0.0377. The van der Waals surface area contributed by atoms with Crippen molar-refractivity contribution in [1.82, 2.24) is 0 Å². The fraction of sp³-hybridized carbons (Fsp3) is 0.914. The molecule has 1 saturated heterocycles. The Hall–Kier alpha value is -1.79. The molecule has 11 heteroatoms. The Morgan fingerprint density at radius 2 is 1.13 bits per heavy atom. The molecule has 1 aliphatic rings. The molecule has 1 fully saturated rings. The molecule has 0 spiro atoms. The highest BCUT2D eigenvalue weighted by atomic mass is 16.7. The molecule has 1 rings (SSSR count). The van der Waals surface area contributed by atoms with Gasteiger partial charge >= 0.3 is 11.9 Å². The summed E-state index contributed by atoms with van der Waals surface area (Å²) in [5, 5.41) is 30.7. The van der Waals surface area contributed by atoms with Crippen LogP contribution in [0.15, 0.2) is 0 Å². The van der Waals surface area contributed by atoms with Gasteiger partial charge in [0, 0.05) is 12.8 Å². The maximum absolute atomic E-state index is 12.7. The van der Waals surface area contributed by atoms with E-state index in [0.29, 0.717) is 6.42 Å². The third kappa shape index (κ3) is 20.4. The van der Waals surface area contributed by atoms with E-state index in [0.717, 1.165) is 51.4 Å². The molecule has 0 aromatic rings. The second-order valence-electron chi connectivity index (χ2n) is 12.6. The zero-order valence-electron chi connectivity index (χ0n) is 28.6. The van der Waals surface area contributed by atoms with Crippen LogP contribution in [0.1, 0.15) is 149 Å². The first-order chi connectivity index (χ1) is 22.3. The topological polar surface area (TPSA) is 158 Å². The molecule has 6 atom stereocenters. The van der Waals surface area contributed by atoms with E-state index >= 15 is 0 Å². The summed E-state index contributed by atoms with van der Waals surface area (Å²) in [6, 6.07) is 0. The normalized spacial score (nSPS) is 21.9. The molecule has 0 unspecified atom stereocenters. The fourth-order valence-electron chi connectivity index (χ4n) is 5.48. The van der Waals surface area contributed by atoms with Crippen molar-refractivity contribution in [2.24, 2.45) is 0 Å². The number of carbonyl (C=O) groups is 3. The van der Waals surface area contributed by atoms with Gasteiger partial charge in [0.05, 0.1) is 6.61 Å². The summed E-state index contributed by atoms with van der Waals surface area (Å²) >= 11 is 0. The Morgan fingerprint density at radius 3 is 1.63 bits per heavy atom. The van der Waals surface area contributed by atoms with Gasteiger partial charge in [-0.25, -0.2) is 0 Å². The molecule has 0 aliphatic carbocycles. The van der Waals surface area contributed by atoms with Gasteiger partial charge in [0.25, 0.3) is 6.47 Å². The Morgan fingerprint density at radius 1 is 0.652 bits per heavy atom. The number of hydrogen-bond acceptors (Lipinski definition) is 11. The molecular formula is C35H64O11. The predicted octanol–water partition coefficient (Wildman–Crippen LogP) is 5.67. The van der Waals surface area contributed by atoms with Gasteiger partial charge in [-0.3, -0.25) is 14.4 Å². The van der Waals surface area contributed by atoms with Gasteiger partial charge in [0.2, 0.25) is 0 Å². The number of aliphatic hydroxyl groups excluding tert-OH is 3. The van der Waals surface area contributed by atoms with Gasteiger partial charge in [-0.2, -0.15) is 0 Å². The summed E-state index contributed by atoms with van der Waals surface area (Å²) in [7, 11) is 0. The van der Waals surface area contributed by atoms with Gasteiger partial charge in [-0.15, -0.1) is 0 Å². The molecular weight excluding hydrogens is 596 g/mol. The standard InChI is InChI=1S/C35H64O11/c1-3-5-7-9-11-12-13-14-15-16-17-19-21-23-31(38)45-28(24-43-30(37)22-20-18-10-8-6-4-2)25-44-35-34(41)33(40)32(39)29(46-35)26-42-27-36/h27-29,32-35,39-41H,3-26H2,1-2H3/t28-,29-,32+,33+,34-,35-/m1/s1. The van der Waals surface area contributed by atoms with Crippen LogP contribution < -0.4 is 0 Å². The van der Waals surface area contributed by atoms with Crippen LogP contribution in [0, 0.1) is 0 Å². The highest BCUT2D eigenvalue weighted by Gasteiger charge is 2.45. The fourth-order valence-corrected chi connectivity index (χ4v) is 5.48. The third-order valence-corrected chi connectivity index (χ3v) is 8.39. The molecule has 3 N–H and O–H groups in total. The van der Waals surface area contributed by atoms with Crippen molar-refractivity contribution in [2.45, 2.75) is 185 Å². The minimum Gasteiger partial charge on any atom is -0.465 e. The van der Waals surface area contributed by atoms with Crippen LogP contribution in [0.5, 0.6) is 0 Å². The smallest absolute Gasteiger partial charge is 0.306 e. The first kappa shape index (κ1) is 42.2. The van der Waals surface area contributed by atoms with Crippen molar-refractivity contribution in [3.8, 4) is 0 Å². The summed E-state index contributed by atoms with van der Waals surface area (Å²) in [5.41, 5.74) is 0. The van der Waals surface area contributed by atoms with Gasteiger partial charge in [-0.1, -0.05) is 123 Å². The summed E-state index contributed by atoms with van der Waals surface area (Å²) < 4.78 is 26.7. The van der Waals surface area contributed by atoms with Crippen LogP contribution in [0.3, 0.4) is 0 Å². The second kappa shape index (κ2) is 28.2. The monoisotopic (exact) mass is 660 g/mol. The minimum absolute atomic E-state index is 0.176. The van der Waals surface area contributed by atoms with Crippen molar-refractivity contribution in [3.05, 3.63) is 0 Å². The molecule has 0 bridgehead atoms. The van der Waals surface area contributed by atoms with Crippen molar-refractivity contribution in [3.63, 3.8) is 0 Å². The maximum atomic E-state index is 12.7. The average Bonchev–Trinajstić information content (AvgIpc) is 3.05. The summed E-state index contributed by atoms with van der Waals surface area (Å²) in [5.74, 6) is -0.840. The number of esters is 2. The van der Waals surface area contributed by atoms with Crippen molar-refractivity contribution in [2.75, 3.05) is 19.8 Å². The average molecular weight is 661 g/mol. The third-order valence-electron chi connectivity index (χ3n) is 8.39. The van der Waals surface area contributed by atoms with Crippen molar-refractivity contribution in [1.29, 1.82) is 0 Å². The van der Waals surface area contributed by atoms with Crippen LogP contribution in [0.25, 0.3) is 0 Å². The van der Waals surface area contributed by atoms with E-state index in [1.165, 1.54) is 64.2 Å². The lowest BCUT2D eigenvalue weighted by molar-refractivity contribution is -0.305. The van der Waals surface area contributed by atoms with E-state index in [-0.39, 0.29) is 39.1 Å². The Balaban J connectivity index is 2.47. The van der Waals surface area contributed by atoms with Crippen LogP contribution in [0.4, 0.5) is 0 Å². The first-order valence-corrected chi connectivity index (χ1v) is 18.1. The van der Waals surface area contributed by atoms with Crippen LogP contribution >= 0.6 is 0 Å². The Labute approximate surface area is 277 Å². The number of rotatable bonds is 30. The highest BCUT2D eigenvalue weighted by molar-refractivity contribution is 5.70.